The van der Waals surface area contributed by atoms with E-state index in [1.165, 1.54) is 36.8 Å². The molecular formula is C20H31N3O. The van der Waals surface area contributed by atoms with Crippen LogP contribution in [0.5, 0.6) is 0 Å². The summed E-state index contributed by atoms with van der Waals surface area (Å²) >= 11 is 0. The topological polar surface area (TPSA) is 36.9 Å². The minimum atomic E-state index is 0.296. The maximum Gasteiger partial charge on any atom is 0.193 e. The molecule has 1 aromatic rings. The molecule has 0 aliphatic heterocycles. The summed E-state index contributed by atoms with van der Waals surface area (Å²) in [6.45, 7) is 5.75. The lowest BCUT2D eigenvalue weighted by Crippen LogP contribution is -2.43. The quantitative estimate of drug-likeness (QED) is 0.453. The van der Waals surface area contributed by atoms with Gasteiger partial charge in [-0.3, -0.25) is 4.99 Å². The maximum atomic E-state index is 5.74. The van der Waals surface area contributed by atoms with Crippen LogP contribution >= 0.6 is 0 Å². The number of benzene rings is 1. The second kappa shape index (κ2) is 7.56. The third-order valence-electron chi connectivity index (χ3n) is 5.35. The molecular weight excluding hydrogens is 298 g/mol. The molecule has 0 atom stereocenters. The number of ether oxygens (including phenoxy) is 1. The summed E-state index contributed by atoms with van der Waals surface area (Å²) in [7, 11) is 3.94. The van der Waals surface area contributed by atoms with Crippen molar-refractivity contribution in [1.29, 1.82) is 0 Å². The molecule has 2 aliphatic carbocycles. The number of rotatable bonds is 8. The van der Waals surface area contributed by atoms with Crippen LogP contribution in [-0.2, 0) is 10.2 Å². The number of hydrogen-bond acceptors (Lipinski definition) is 2. The van der Waals surface area contributed by atoms with Crippen LogP contribution in [0.2, 0.25) is 0 Å². The normalized spacial score (nSPS) is 19.2. The van der Waals surface area contributed by atoms with Crippen LogP contribution in [0, 0.1) is 12.8 Å². The first-order valence-electron chi connectivity index (χ1n) is 9.20. The lowest BCUT2D eigenvalue weighted by Gasteiger charge is -2.25. The van der Waals surface area contributed by atoms with Crippen molar-refractivity contribution in [2.24, 2.45) is 10.9 Å². The Morgan fingerprint density at radius 2 is 2.08 bits per heavy atom. The van der Waals surface area contributed by atoms with E-state index < -0.39 is 0 Å². The van der Waals surface area contributed by atoms with E-state index in [4.69, 9.17) is 4.74 Å². The summed E-state index contributed by atoms with van der Waals surface area (Å²) in [5, 5.41) is 3.58. The van der Waals surface area contributed by atoms with Crippen LogP contribution in [-0.4, -0.2) is 51.3 Å². The maximum absolute atomic E-state index is 5.74. The van der Waals surface area contributed by atoms with Crippen LogP contribution in [0.3, 0.4) is 0 Å². The molecule has 2 saturated carbocycles. The number of likely N-dealkylation sites (N-methyl/N-ethyl adjacent to an activating group) is 1. The Balaban J connectivity index is 1.47. The van der Waals surface area contributed by atoms with Crippen molar-refractivity contribution in [1.82, 2.24) is 10.2 Å². The number of nitrogens with one attached hydrogen (secondary N) is 1. The highest BCUT2D eigenvalue weighted by Crippen LogP contribution is 2.48. The van der Waals surface area contributed by atoms with Gasteiger partial charge in [-0.15, -0.1) is 0 Å². The minimum absolute atomic E-state index is 0.296. The van der Waals surface area contributed by atoms with E-state index in [1.807, 2.05) is 7.05 Å². The molecule has 4 nitrogen and oxygen atoms in total. The van der Waals surface area contributed by atoms with Gasteiger partial charge in [-0.25, -0.2) is 0 Å². The number of aryl methyl sites for hydroxylation is 1. The van der Waals surface area contributed by atoms with Gasteiger partial charge in [0, 0.05) is 39.2 Å². The SMILES string of the molecule is CN=C(NCC1(c2ccccc2C)CC1)N(C)CCOCC1CC1. The van der Waals surface area contributed by atoms with Crippen LogP contribution in [0.25, 0.3) is 0 Å². The summed E-state index contributed by atoms with van der Waals surface area (Å²) in [5.41, 5.74) is 3.18. The first-order chi connectivity index (χ1) is 11.6. The predicted molar refractivity (Wildman–Crippen MR) is 99.6 cm³/mol. The fourth-order valence-corrected chi connectivity index (χ4v) is 3.34. The van der Waals surface area contributed by atoms with Crippen molar-refractivity contribution in [3.05, 3.63) is 35.4 Å². The molecule has 132 valence electrons. The Kier molecular flexibility index (Phi) is 5.44. The first-order valence-corrected chi connectivity index (χ1v) is 9.20. The van der Waals surface area contributed by atoms with E-state index in [9.17, 15) is 0 Å². The Hall–Kier alpha value is -1.55. The highest BCUT2D eigenvalue weighted by atomic mass is 16.5. The molecule has 0 amide bonds. The van der Waals surface area contributed by atoms with Crippen molar-refractivity contribution < 1.29 is 4.74 Å². The zero-order chi connectivity index (χ0) is 17.0. The van der Waals surface area contributed by atoms with Gasteiger partial charge in [0.2, 0.25) is 0 Å². The fraction of sp³-hybridized carbons (Fsp3) is 0.650. The average molecular weight is 329 g/mol. The highest BCUT2D eigenvalue weighted by Gasteiger charge is 2.45. The van der Waals surface area contributed by atoms with Gasteiger partial charge < -0.3 is 15.0 Å². The third kappa shape index (κ3) is 4.29. The Morgan fingerprint density at radius 1 is 1.33 bits per heavy atom. The molecule has 0 aromatic heterocycles. The summed E-state index contributed by atoms with van der Waals surface area (Å²) in [5.74, 6) is 1.79. The van der Waals surface area contributed by atoms with Gasteiger partial charge in [-0.2, -0.15) is 0 Å². The molecule has 4 heteroatoms. The second-order valence-corrected chi connectivity index (χ2v) is 7.44. The lowest BCUT2D eigenvalue weighted by molar-refractivity contribution is 0.115. The van der Waals surface area contributed by atoms with E-state index in [0.29, 0.717) is 5.41 Å². The average Bonchev–Trinajstić information content (AvgIpc) is 3.48. The molecule has 24 heavy (non-hydrogen) atoms. The molecule has 0 bridgehead atoms. The monoisotopic (exact) mass is 329 g/mol. The highest BCUT2D eigenvalue weighted by molar-refractivity contribution is 5.79. The molecule has 0 radical (unpaired) electrons. The van der Waals surface area contributed by atoms with Gasteiger partial charge in [0.05, 0.1) is 6.61 Å². The van der Waals surface area contributed by atoms with Crippen LogP contribution < -0.4 is 5.32 Å². The number of nitrogens with zero attached hydrogens (tertiary/aromatic N) is 2. The summed E-state index contributed by atoms with van der Waals surface area (Å²) in [6, 6.07) is 8.77. The zero-order valence-electron chi connectivity index (χ0n) is 15.3. The van der Waals surface area contributed by atoms with Crippen LogP contribution in [0.1, 0.15) is 36.8 Å². The molecule has 0 saturated heterocycles. The lowest BCUT2D eigenvalue weighted by atomic mass is 9.92. The van der Waals surface area contributed by atoms with Gasteiger partial charge in [0.25, 0.3) is 0 Å². The Bertz CT molecular complexity index is 576. The van der Waals surface area contributed by atoms with E-state index >= 15 is 0 Å². The van der Waals surface area contributed by atoms with Gasteiger partial charge in [-0.05, 0) is 49.7 Å². The van der Waals surface area contributed by atoms with E-state index in [-0.39, 0.29) is 0 Å². The first kappa shape index (κ1) is 17.3. The summed E-state index contributed by atoms with van der Waals surface area (Å²) < 4.78 is 5.74. The Morgan fingerprint density at radius 3 is 2.71 bits per heavy atom. The molecule has 3 rings (SSSR count). The number of aliphatic imine (C=N–C) groups is 1. The number of guanidine groups is 1. The largest absolute Gasteiger partial charge is 0.379 e. The molecule has 0 heterocycles. The smallest absolute Gasteiger partial charge is 0.193 e. The molecule has 1 N–H and O–H groups in total. The van der Waals surface area contributed by atoms with Crippen molar-refractivity contribution in [3.63, 3.8) is 0 Å². The van der Waals surface area contributed by atoms with Crippen molar-refractivity contribution in [2.75, 3.05) is 40.4 Å². The molecule has 2 fully saturated rings. The second-order valence-electron chi connectivity index (χ2n) is 7.44. The molecule has 0 spiro atoms. The van der Waals surface area contributed by atoms with Crippen molar-refractivity contribution in [2.45, 2.75) is 38.0 Å². The van der Waals surface area contributed by atoms with Crippen LogP contribution in [0.4, 0.5) is 0 Å². The van der Waals surface area contributed by atoms with Crippen LogP contribution in [0.15, 0.2) is 29.3 Å². The standard InChI is InChI=1S/C20H31N3O/c1-16-6-4-5-7-18(16)20(10-11-20)15-22-19(21-2)23(3)12-13-24-14-17-8-9-17/h4-7,17H,8-15H2,1-3H3,(H,21,22). The Labute approximate surface area is 146 Å². The van der Waals surface area contributed by atoms with E-state index in [0.717, 1.165) is 38.2 Å². The zero-order valence-corrected chi connectivity index (χ0v) is 15.3. The van der Waals surface area contributed by atoms with Gasteiger partial charge >= 0.3 is 0 Å². The molecule has 2 aliphatic rings. The minimum Gasteiger partial charge on any atom is -0.379 e. The molecule has 0 unspecified atom stereocenters. The van der Waals surface area contributed by atoms with Gasteiger partial charge in [-0.1, -0.05) is 24.3 Å². The number of hydrogen-bond donors (Lipinski definition) is 1. The van der Waals surface area contributed by atoms with Crippen molar-refractivity contribution >= 4 is 5.96 Å². The summed E-state index contributed by atoms with van der Waals surface area (Å²) in [4.78, 5) is 6.60. The predicted octanol–water partition coefficient (Wildman–Crippen LogP) is 2.96. The van der Waals surface area contributed by atoms with E-state index in [1.54, 1.807) is 0 Å². The fourth-order valence-electron chi connectivity index (χ4n) is 3.34. The molecule has 1 aromatic carbocycles. The van der Waals surface area contributed by atoms with Gasteiger partial charge in [0.1, 0.15) is 0 Å². The van der Waals surface area contributed by atoms with Gasteiger partial charge in [0.15, 0.2) is 5.96 Å². The van der Waals surface area contributed by atoms with Crippen molar-refractivity contribution in [3.8, 4) is 0 Å². The summed E-state index contributed by atoms with van der Waals surface area (Å²) in [6.07, 6.45) is 5.21. The van der Waals surface area contributed by atoms with E-state index in [2.05, 4.69) is 53.4 Å². The third-order valence-corrected chi connectivity index (χ3v) is 5.35.